The Morgan fingerprint density at radius 1 is 1.00 bits per heavy atom. The predicted octanol–water partition coefficient (Wildman–Crippen LogP) is 3.13. The Morgan fingerprint density at radius 2 is 1.67 bits per heavy atom. The molecule has 0 amide bonds. The van der Waals surface area contributed by atoms with Crippen LogP contribution < -0.4 is 4.90 Å². The van der Waals surface area contributed by atoms with E-state index in [-0.39, 0.29) is 5.82 Å². The molecule has 3 heterocycles. The van der Waals surface area contributed by atoms with Crippen LogP contribution in [0.1, 0.15) is 16.8 Å². The van der Waals surface area contributed by atoms with Crippen LogP contribution in [0.15, 0.2) is 36.7 Å². The second kappa shape index (κ2) is 6.76. The van der Waals surface area contributed by atoms with Crippen molar-refractivity contribution >= 4 is 5.82 Å². The zero-order chi connectivity index (χ0) is 17.2. The monoisotopic (exact) mass is 336 g/mol. The van der Waals surface area contributed by atoms with Gasteiger partial charge in [-0.3, -0.25) is 9.88 Å². The van der Waals surface area contributed by atoms with Gasteiger partial charge in [-0.25, -0.2) is 4.98 Å². The minimum Gasteiger partial charge on any atom is -0.354 e. The number of hydrogen-bond donors (Lipinski definition) is 0. The maximum Gasteiger partial charge on any atom is 0.419 e. The largest absolute Gasteiger partial charge is 0.419 e. The molecule has 0 aromatic carbocycles. The van der Waals surface area contributed by atoms with Gasteiger partial charge in [0.15, 0.2) is 0 Å². The molecule has 3 rings (SSSR count). The molecule has 1 aliphatic heterocycles. The molecule has 0 unspecified atom stereocenters. The number of aromatic nitrogens is 2. The first-order chi connectivity index (χ1) is 11.4. The van der Waals surface area contributed by atoms with Crippen LogP contribution >= 0.6 is 0 Å². The average molecular weight is 336 g/mol. The van der Waals surface area contributed by atoms with E-state index < -0.39 is 11.7 Å². The zero-order valence-electron chi connectivity index (χ0n) is 13.4. The van der Waals surface area contributed by atoms with E-state index >= 15 is 0 Å². The number of nitrogens with zero attached hydrogens (tertiary/aromatic N) is 4. The number of halogens is 3. The fraction of sp³-hybridized carbons (Fsp3) is 0.412. The highest BCUT2D eigenvalue weighted by atomic mass is 19.4. The summed E-state index contributed by atoms with van der Waals surface area (Å²) in [5.74, 6) is 0.0265. The van der Waals surface area contributed by atoms with E-state index in [0.29, 0.717) is 26.2 Å². The molecule has 0 saturated carbocycles. The molecule has 0 spiro atoms. The number of alkyl halides is 3. The Balaban J connectivity index is 1.67. The molecule has 1 saturated heterocycles. The van der Waals surface area contributed by atoms with Gasteiger partial charge in [0.2, 0.25) is 0 Å². The minimum atomic E-state index is -4.38. The first kappa shape index (κ1) is 16.7. The van der Waals surface area contributed by atoms with Crippen molar-refractivity contribution in [2.45, 2.75) is 19.6 Å². The van der Waals surface area contributed by atoms with Gasteiger partial charge >= 0.3 is 6.18 Å². The van der Waals surface area contributed by atoms with Crippen molar-refractivity contribution in [3.63, 3.8) is 0 Å². The third-order valence-electron chi connectivity index (χ3n) is 4.26. The smallest absolute Gasteiger partial charge is 0.354 e. The molecule has 7 heteroatoms. The summed E-state index contributed by atoms with van der Waals surface area (Å²) in [5.41, 5.74) is 1.47. The first-order valence-electron chi connectivity index (χ1n) is 7.85. The summed E-state index contributed by atoms with van der Waals surface area (Å²) in [7, 11) is 0. The van der Waals surface area contributed by atoms with Gasteiger partial charge in [0.1, 0.15) is 5.82 Å². The van der Waals surface area contributed by atoms with Gasteiger partial charge in [-0.05, 0) is 30.7 Å². The summed E-state index contributed by atoms with van der Waals surface area (Å²) in [6, 6.07) is 6.33. The molecule has 0 bridgehead atoms. The molecule has 0 radical (unpaired) electrons. The van der Waals surface area contributed by atoms with Gasteiger partial charge in [-0.15, -0.1) is 0 Å². The third-order valence-corrected chi connectivity index (χ3v) is 4.26. The van der Waals surface area contributed by atoms with E-state index in [1.165, 1.54) is 12.3 Å². The van der Waals surface area contributed by atoms with E-state index in [2.05, 4.69) is 14.9 Å². The molecule has 2 aromatic rings. The highest BCUT2D eigenvalue weighted by Crippen LogP contribution is 2.35. The maximum atomic E-state index is 13.1. The molecule has 2 aromatic heterocycles. The van der Waals surface area contributed by atoms with Crippen LogP contribution in [0.25, 0.3) is 0 Å². The number of anilines is 1. The van der Waals surface area contributed by atoms with Gasteiger partial charge < -0.3 is 4.90 Å². The topological polar surface area (TPSA) is 32.3 Å². The van der Waals surface area contributed by atoms with Crippen LogP contribution in [0.2, 0.25) is 0 Å². The van der Waals surface area contributed by atoms with Crippen LogP contribution in [0, 0.1) is 6.92 Å². The van der Waals surface area contributed by atoms with E-state index in [4.69, 9.17) is 0 Å². The molecule has 128 valence electrons. The van der Waals surface area contributed by atoms with E-state index in [1.54, 1.807) is 11.1 Å². The maximum absolute atomic E-state index is 13.1. The second-order valence-electron chi connectivity index (χ2n) is 5.90. The lowest BCUT2D eigenvalue weighted by Crippen LogP contribution is -2.47. The van der Waals surface area contributed by atoms with E-state index in [0.717, 1.165) is 23.9 Å². The van der Waals surface area contributed by atoms with E-state index in [1.807, 2.05) is 19.1 Å². The molecule has 1 fully saturated rings. The van der Waals surface area contributed by atoms with Crippen molar-refractivity contribution in [3.05, 3.63) is 53.5 Å². The first-order valence-corrected chi connectivity index (χ1v) is 7.85. The summed E-state index contributed by atoms with van der Waals surface area (Å²) >= 11 is 0. The van der Waals surface area contributed by atoms with Crippen LogP contribution in [-0.4, -0.2) is 41.0 Å². The average Bonchev–Trinajstić information content (AvgIpc) is 2.57. The van der Waals surface area contributed by atoms with Crippen molar-refractivity contribution in [2.24, 2.45) is 0 Å². The Hall–Kier alpha value is -2.15. The van der Waals surface area contributed by atoms with Crippen molar-refractivity contribution < 1.29 is 13.2 Å². The highest BCUT2D eigenvalue weighted by molar-refractivity contribution is 5.48. The van der Waals surface area contributed by atoms with Gasteiger partial charge in [-0.1, -0.05) is 6.07 Å². The number of piperazine rings is 1. The molecular weight excluding hydrogens is 317 g/mol. The summed E-state index contributed by atoms with van der Waals surface area (Å²) in [4.78, 5) is 12.3. The summed E-state index contributed by atoms with van der Waals surface area (Å²) in [5, 5.41) is 0. The van der Waals surface area contributed by atoms with Crippen molar-refractivity contribution in [3.8, 4) is 0 Å². The number of pyridine rings is 2. The lowest BCUT2D eigenvalue weighted by Gasteiger charge is -2.36. The summed E-state index contributed by atoms with van der Waals surface area (Å²) in [6.07, 6.45) is -1.21. The van der Waals surface area contributed by atoms with Crippen molar-refractivity contribution in [1.82, 2.24) is 14.9 Å². The normalized spacial score (nSPS) is 16.4. The SMILES string of the molecule is Cc1cccnc1CN1CCN(c2ncccc2C(F)(F)F)CC1. The fourth-order valence-electron chi connectivity index (χ4n) is 2.88. The Labute approximate surface area is 138 Å². The minimum absolute atomic E-state index is 0.0265. The van der Waals surface area contributed by atoms with Crippen LogP contribution in [0.3, 0.4) is 0 Å². The van der Waals surface area contributed by atoms with Crippen LogP contribution in [0.5, 0.6) is 0 Å². The summed E-state index contributed by atoms with van der Waals surface area (Å²) < 4.78 is 39.4. The van der Waals surface area contributed by atoms with Gasteiger partial charge in [-0.2, -0.15) is 13.2 Å². The quantitative estimate of drug-likeness (QED) is 0.862. The lowest BCUT2D eigenvalue weighted by atomic mass is 10.2. The molecule has 1 aliphatic rings. The summed E-state index contributed by atoms with van der Waals surface area (Å²) in [6.45, 7) is 5.14. The van der Waals surface area contributed by atoms with Gasteiger partial charge in [0.05, 0.1) is 11.3 Å². The second-order valence-corrected chi connectivity index (χ2v) is 5.90. The highest BCUT2D eigenvalue weighted by Gasteiger charge is 2.36. The molecule has 0 aliphatic carbocycles. The molecular formula is C17H19F3N4. The number of hydrogen-bond acceptors (Lipinski definition) is 4. The number of rotatable bonds is 3. The Morgan fingerprint density at radius 3 is 2.33 bits per heavy atom. The Kier molecular flexibility index (Phi) is 4.71. The van der Waals surface area contributed by atoms with Crippen molar-refractivity contribution in [2.75, 3.05) is 31.1 Å². The van der Waals surface area contributed by atoms with Crippen LogP contribution in [0.4, 0.5) is 19.0 Å². The standard InChI is InChI=1S/C17H19F3N4/c1-13-4-2-6-21-15(13)12-23-8-10-24(11-9-23)16-14(17(18,19)20)5-3-7-22-16/h2-7H,8-12H2,1H3. The third kappa shape index (κ3) is 3.67. The Bertz CT molecular complexity index is 694. The van der Waals surface area contributed by atoms with Gasteiger partial charge in [0.25, 0.3) is 0 Å². The molecule has 4 nitrogen and oxygen atoms in total. The predicted molar refractivity (Wildman–Crippen MR) is 85.7 cm³/mol. The number of aryl methyl sites for hydroxylation is 1. The van der Waals surface area contributed by atoms with Crippen molar-refractivity contribution in [1.29, 1.82) is 0 Å². The molecule has 0 N–H and O–H groups in total. The lowest BCUT2D eigenvalue weighted by molar-refractivity contribution is -0.137. The van der Waals surface area contributed by atoms with E-state index in [9.17, 15) is 13.2 Å². The molecule has 0 atom stereocenters. The van der Waals surface area contributed by atoms with Gasteiger partial charge in [0, 0.05) is 45.1 Å². The van der Waals surface area contributed by atoms with Crippen LogP contribution in [-0.2, 0) is 12.7 Å². The molecule has 24 heavy (non-hydrogen) atoms. The zero-order valence-corrected chi connectivity index (χ0v) is 13.4. The fourth-order valence-corrected chi connectivity index (χ4v) is 2.88.